The van der Waals surface area contributed by atoms with Gasteiger partial charge >= 0.3 is 0 Å². The Kier molecular flexibility index (Phi) is 4.28. The molecule has 4 nitrogen and oxygen atoms in total. The summed E-state index contributed by atoms with van der Waals surface area (Å²) >= 11 is 6.42. The van der Waals surface area contributed by atoms with Crippen LogP contribution < -0.4 is 10.1 Å². The van der Waals surface area contributed by atoms with Gasteiger partial charge in [-0.05, 0) is 45.1 Å². The molecule has 2 fully saturated rings. The average Bonchev–Trinajstić information content (AvgIpc) is 2.82. The summed E-state index contributed by atoms with van der Waals surface area (Å²) < 4.78 is 7.94. The first-order valence-electron chi connectivity index (χ1n) is 7.45. The topological polar surface area (TPSA) is 39.1 Å². The van der Waals surface area contributed by atoms with Gasteiger partial charge in [-0.2, -0.15) is 5.10 Å². The van der Waals surface area contributed by atoms with Gasteiger partial charge in [-0.1, -0.05) is 18.0 Å². The highest BCUT2D eigenvalue weighted by atomic mass is 35.5. The molecule has 1 aliphatic carbocycles. The Morgan fingerprint density at radius 1 is 1.21 bits per heavy atom. The summed E-state index contributed by atoms with van der Waals surface area (Å²) in [5, 5.41) is 8.48. The number of ether oxygens (including phenoxy) is 1. The molecular formula is C14H22ClN3O. The Balaban J connectivity index is 1.67. The fourth-order valence-corrected chi connectivity index (χ4v) is 3.34. The molecule has 19 heavy (non-hydrogen) atoms. The van der Waals surface area contributed by atoms with Crippen LogP contribution in [0.3, 0.4) is 0 Å². The van der Waals surface area contributed by atoms with Crippen LogP contribution in [0.25, 0.3) is 0 Å². The zero-order chi connectivity index (χ0) is 13.1. The number of hydrogen-bond donors (Lipinski definition) is 1. The Morgan fingerprint density at radius 3 is 2.79 bits per heavy atom. The summed E-state index contributed by atoms with van der Waals surface area (Å²) in [4.78, 5) is 0. The summed E-state index contributed by atoms with van der Waals surface area (Å²) in [5.41, 5.74) is 0. The van der Waals surface area contributed by atoms with Crippen molar-refractivity contribution in [1.82, 2.24) is 15.1 Å². The van der Waals surface area contributed by atoms with E-state index in [9.17, 15) is 0 Å². The standard InChI is InChI=1S/C14H22ClN3O/c15-14-13(19-12-6-2-1-3-7-12)10-17-18(14)11-5-4-8-16-9-11/h10-12,16H,1-9H2. The molecular weight excluding hydrogens is 262 g/mol. The zero-order valence-corrected chi connectivity index (χ0v) is 12.0. The second kappa shape index (κ2) is 6.14. The summed E-state index contributed by atoms with van der Waals surface area (Å²) in [6.07, 6.45) is 10.6. The Morgan fingerprint density at radius 2 is 2.05 bits per heavy atom. The Bertz CT molecular complexity index is 409. The van der Waals surface area contributed by atoms with Crippen molar-refractivity contribution < 1.29 is 4.74 Å². The summed E-state index contributed by atoms with van der Waals surface area (Å²) in [6.45, 7) is 2.05. The van der Waals surface area contributed by atoms with E-state index in [4.69, 9.17) is 16.3 Å². The molecule has 0 spiro atoms. The van der Waals surface area contributed by atoms with E-state index in [1.165, 1.54) is 25.7 Å². The fraction of sp³-hybridized carbons (Fsp3) is 0.786. The molecule has 1 aromatic rings. The Hall–Kier alpha value is -0.740. The van der Waals surface area contributed by atoms with Crippen LogP contribution in [0.5, 0.6) is 5.75 Å². The van der Waals surface area contributed by atoms with Crippen LogP contribution >= 0.6 is 11.6 Å². The molecule has 0 radical (unpaired) electrons. The lowest BCUT2D eigenvalue weighted by Gasteiger charge is -2.24. The molecule has 106 valence electrons. The quantitative estimate of drug-likeness (QED) is 0.926. The summed E-state index contributed by atoms with van der Waals surface area (Å²) in [5.74, 6) is 0.763. The van der Waals surface area contributed by atoms with Gasteiger partial charge in [0, 0.05) is 6.54 Å². The first-order valence-corrected chi connectivity index (χ1v) is 7.83. The van der Waals surface area contributed by atoms with E-state index in [2.05, 4.69) is 10.4 Å². The molecule has 2 aliphatic rings. The highest BCUT2D eigenvalue weighted by Gasteiger charge is 2.22. The van der Waals surface area contributed by atoms with E-state index in [0.717, 1.165) is 38.1 Å². The Labute approximate surface area is 119 Å². The van der Waals surface area contributed by atoms with Gasteiger partial charge < -0.3 is 10.1 Å². The van der Waals surface area contributed by atoms with Gasteiger partial charge in [0.15, 0.2) is 10.9 Å². The number of aromatic nitrogens is 2. The average molecular weight is 284 g/mol. The minimum atomic E-state index is 0.327. The molecule has 1 N–H and O–H groups in total. The van der Waals surface area contributed by atoms with Crippen LogP contribution in [0.4, 0.5) is 0 Å². The van der Waals surface area contributed by atoms with E-state index in [-0.39, 0.29) is 0 Å². The molecule has 0 bridgehead atoms. The predicted octanol–water partition coefficient (Wildman–Crippen LogP) is 3.17. The van der Waals surface area contributed by atoms with Crippen LogP contribution in [-0.4, -0.2) is 29.0 Å². The molecule has 0 amide bonds. The van der Waals surface area contributed by atoms with Crippen molar-refractivity contribution in [2.24, 2.45) is 0 Å². The second-order valence-corrected chi connectivity index (χ2v) is 5.98. The van der Waals surface area contributed by atoms with Crippen LogP contribution in [0, 0.1) is 0 Å². The van der Waals surface area contributed by atoms with Gasteiger partial charge in [-0.3, -0.25) is 0 Å². The molecule has 1 unspecified atom stereocenters. The number of nitrogens with one attached hydrogen (secondary N) is 1. The normalized spacial score (nSPS) is 25.4. The lowest BCUT2D eigenvalue weighted by Crippen LogP contribution is -2.32. The van der Waals surface area contributed by atoms with Crippen LogP contribution in [-0.2, 0) is 0 Å². The van der Waals surface area contributed by atoms with Gasteiger partial charge in [-0.25, -0.2) is 4.68 Å². The van der Waals surface area contributed by atoms with Crippen LogP contribution in [0.2, 0.25) is 5.15 Å². The van der Waals surface area contributed by atoms with E-state index in [1.54, 1.807) is 6.20 Å². The molecule has 1 saturated heterocycles. The maximum absolute atomic E-state index is 6.42. The third kappa shape index (κ3) is 3.06. The predicted molar refractivity (Wildman–Crippen MR) is 75.9 cm³/mol. The third-order valence-corrected chi connectivity index (χ3v) is 4.53. The minimum absolute atomic E-state index is 0.327. The molecule has 3 rings (SSSR count). The number of hydrogen-bond acceptors (Lipinski definition) is 3. The van der Waals surface area contributed by atoms with Crippen molar-refractivity contribution in [2.75, 3.05) is 13.1 Å². The van der Waals surface area contributed by atoms with Crippen LogP contribution in [0.1, 0.15) is 51.0 Å². The van der Waals surface area contributed by atoms with Gasteiger partial charge in [0.05, 0.1) is 18.3 Å². The fourth-order valence-electron chi connectivity index (χ4n) is 3.07. The van der Waals surface area contributed by atoms with E-state index in [0.29, 0.717) is 17.3 Å². The van der Waals surface area contributed by atoms with Crippen molar-refractivity contribution in [3.63, 3.8) is 0 Å². The van der Waals surface area contributed by atoms with Gasteiger partial charge in [-0.15, -0.1) is 0 Å². The molecule has 2 heterocycles. The number of rotatable bonds is 3. The molecule has 0 aromatic carbocycles. The molecule has 1 atom stereocenters. The number of piperidine rings is 1. The molecule has 1 aliphatic heterocycles. The highest BCUT2D eigenvalue weighted by Crippen LogP contribution is 2.32. The van der Waals surface area contributed by atoms with E-state index >= 15 is 0 Å². The van der Waals surface area contributed by atoms with Crippen molar-refractivity contribution in [3.8, 4) is 5.75 Å². The van der Waals surface area contributed by atoms with E-state index < -0.39 is 0 Å². The lowest BCUT2D eigenvalue weighted by atomic mass is 9.98. The second-order valence-electron chi connectivity index (χ2n) is 5.62. The van der Waals surface area contributed by atoms with Crippen molar-refractivity contribution in [1.29, 1.82) is 0 Å². The molecule has 1 saturated carbocycles. The van der Waals surface area contributed by atoms with Crippen molar-refractivity contribution in [2.45, 2.75) is 57.1 Å². The third-order valence-electron chi connectivity index (χ3n) is 4.17. The highest BCUT2D eigenvalue weighted by molar-refractivity contribution is 6.31. The maximum Gasteiger partial charge on any atom is 0.176 e. The first kappa shape index (κ1) is 13.3. The van der Waals surface area contributed by atoms with Gasteiger partial charge in [0.2, 0.25) is 0 Å². The lowest BCUT2D eigenvalue weighted by molar-refractivity contribution is 0.155. The number of nitrogens with zero attached hydrogens (tertiary/aromatic N) is 2. The smallest absolute Gasteiger partial charge is 0.176 e. The zero-order valence-electron chi connectivity index (χ0n) is 11.3. The molecule has 1 aromatic heterocycles. The minimum Gasteiger partial charge on any atom is -0.486 e. The largest absolute Gasteiger partial charge is 0.486 e. The van der Waals surface area contributed by atoms with Gasteiger partial charge in [0.25, 0.3) is 0 Å². The van der Waals surface area contributed by atoms with Crippen molar-refractivity contribution >= 4 is 11.6 Å². The van der Waals surface area contributed by atoms with Crippen molar-refractivity contribution in [3.05, 3.63) is 11.3 Å². The first-order chi connectivity index (χ1) is 9.34. The summed E-state index contributed by atoms with van der Waals surface area (Å²) in [7, 11) is 0. The molecule has 5 heteroatoms. The van der Waals surface area contributed by atoms with Crippen LogP contribution in [0.15, 0.2) is 6.20 Å². The SMILES string of the molecule is Clc1c(OC2CCCCC2)cnn1C1CCCNC1. The maximum atomic E-state index is 6.42. The monoisotopic (exact) mass is 283 g/mol. The van der Waals surface area contributed by atoms with E-state index in [1.807, 2.05) is 4.68 Å². The summed E-state index contributed by atoms with van der Waals surface area (Å²) in [6, 6.07) is 0.366. The number of halogens is 1. The van der Waals surface area contributed by atoms with Gasteiger partial charge in [0.1, 0.15) is 0 Å².